The van der Waals surface area contributed by atoms with E-state index in [4.69, 9.17) is 10.5 Å². The Morgan fingerprint density at radius 2 is 1.87 bits per heavy atom. The maximum atomic E-state index is 12.9. The second-order valence-corrected chi connectivity index (χ2v) is 9.13. The molecule has 3 aromatic rings. The molecule has 10 heteroatoms. The summed E-state index contributed by atoms with van der Waals surface area (Å²) in [7, 11) is 1.76. The van der Waals surface area contributed by atoms with Crippen molar-refractivity contribution in [3.63, 3.8) is 0 Å². The van der Waals surface area contributed by atoms with Crippen LogP contribution in [0.5, 0.6) is 0 Å². The van der Waals surface area contributed by atoms with Gasteiger partial charge in [-0.05, 0) is 73.9 Å². The van der Waals surface area contributed by atoms with Gasteiger partial charge < -0.3 is 25.6 Å². The Bertz CT molecular complexity index is 1390. The normalized spacial score (nSPS) is 13.5. The monoisotopic (exact) mass is 527 g/mol. The van der Waals surface area contributed by atoms with Gasteiger partial charge in [-0.15, -0.1) is 0 Å². The van der Waals surface area contributed by atoms with E-state index < -0.39 is 0 Å². The Morgan fingerprint density at radius 3 is 2.56 bits per heavy atom. The van der Waals surface area contributed by atoms with Crippen LogP contribution in [0.4, 0.5) is 16.3 Å². The molecule has 1 aromatic carbocycles. The molecule has 2 amide bonds. The van der Waals surface area contributed by atoms with Gasteiger partial charge in [-0.25, -0.2) is 9.78 Å². The molecule has 0 aliphatic carbocycles. The van der Waals surface area contributed by atoms with Crippen molar-refractivity contribution in [3.05, 3.63) is 89.4 Å². The topological polar surface area (TPSA) is 126 Å². The number of carbonyl (C=O) groups excluding carboxylic acids is 2. The molecule has 202 valence electrons. The lowest BCUT2D eigenvalue weighted by atomic mass is 10.0. The maximum Gasteiger partial charge on any atom is 0.410 e. The Hall–Kier alpha value is -4.73. The number of aromatic nitrogens is 2. The first-order valence-corrected chi connectivity index (χ1v) is 12.8. The molecule has 0 atom stereocenters. The van der Waals surface area contributed by atoms with Crippen LogP contribution in [0.25, 0.3) is 5.57 Å². The zero-order valence-corrected chi connectivity index (χ0v) is 22.4. The smallest absolute Gasteiger partial charge is 0.410 e. The lowest BCUT2D eigenvalue weighted by Crippen LogP contribution is -2.35. The molecule has 10 nitrogen and oxygen atoms in total. The highest BCUT2D eigenvalue weighted by atomic mass is 16.6. The molecule has 0 spiro atoms. The van der Waals surface area contributed by atoms with E-state index >= 15 is 0 Å². The Morgan fingerprint density at radius 1 is 1.13 bits per heavy atom. The molecule has 0 saturated heterocycles. The Balaban J connectivity index is 1.41. The lowest BCUT2D eigenvalue weighted by Gasteiger charge is -2.26. The predicted octanol–water partition coefficient (Wildman–Crippen LogP) is 4.36. The van der Waals surface area contributed by atoms with E-state index in [-0.39, 0.29) is 18.0 Å². The molecule has 1 aliphatic heterocycles. The largest absolute Gasteiger partial charge is 0.450 e. The number of ether oxygens (including phenoxy) is 1. The average Bonchev–Trinajstić information content (AvgIpc) is 2.95. The molecule has 1 aliphatic rings. The number of carbonyl (C=O) groups is 2. The van der Waals surface area contributed by atoms with E-state index in [1.807, 2.05) is 37.3 Å². The van der Waals surface area contributed by atoms with Crippen LogP contribution in [0, 0.1) is 6.92 Å². The van der Waals surface area contributed by atoms with E-state index in [9.17, 15) is 9.59 Å². The van der Waals surface area contributed by atoms with Crippen molar-refractivity contribution in [1.82, 2.24) is 19.8 Å². The fraction of sp³-hybridized carbons (Fsp3) is 0.276. The van der Waals surface area contributed by atoms with Gasteiger partial charge in [0.25, 0.3) is 5.91 Å². The third kappa shape index (κ3) is 6.98. The van der Waals surface area contributed by atoms with E-state index in [2.05, 4.69) is 20.3 Å². The SMILES string of the molecule is CCOC(=O)N1CC=C(c2cccnc2N=C(N)Nc2ccc(C(=O)N(C)Cc3ncccc3C)cc2)CC1. The van der Waals surface area contributed by atoms with Gasteiger partial charge in [0, 0.05) is 49.3 Å². The van der Waals surface area contributed by atoms with Crippen molar-refractivity contribution in [2.24, 2.45) is 10.7 Å². The van der Waals surface area contributed by atoms with E-state index in [0.717, 1.165) is 22.4 Å². The Labute approximate surface area is 228 Å². The minimum Gasteiger partial charge on any atom is -0.450 e. The molecule has 0 unspecified atom stereocenters. The molecule has 0 bridgehead atoms. The average molecular weight is 528 g/mol. The minimum atomic E-state index is -0.312. The van der Waals surface area contributed by atoms with Crippen molar-refractivity contribution in [2.45, 2.75) is 26.8 Å². The summed E-state index contributed by atoms with van der Waals surface area (Å²) in [4.78, 5) is 41.5. The number of nitrogens with zero attached hydrogens (tertiary/aromatic N) is 5. The zero-order chi connectivity index (χ0) is 27.8. The molecule has 2 aromatic heterocycles. The van der Waals surface area contributed by atoms with Crippen LogP contribution in [-0.4, -0.2) is 64.5 Å². The summed E-state index contributed by atoms with van der Waals surface area (Å²) in [5, 5.41) is 3.06. The number of nitrogens with one attached hydrogen (secondary N) is 1. The molecule has 0 fully saturated rings. The summed E-state index contributed by atoms with van der Waals surface area (Å²) in [5.41, 5.74) is 11.3. The molecule has 4 rings (SSSR count). The van der Waals surface area contributed by atoms with Crippen molar-refractivity contribution in [2.75, 3.05) is 32.1 Å². The first-order valence-electron chi connectivity index (χ1n) is 12.8. The first-order chi connectivity index (χ1) is 18.9. The van der Waals surface area contributed by atoms with Gasteiger partial charge in [0.15, 0.2) is 11.8 Å². The van der Waals surface area contributed by atoms with Crippen molar-refractivity contribution in [3.8, 4) is 0 Å². The molecule has 0 radical (unpaired) electrons. The summed E-state index contributed by atoms with van der Waals surface area (Å²) < 4.78 is 5.09. The van der Waals surface area contributed by atoms with E-state index in [1.54, 1.807) is 60.4 Å². The van der Waals surface area contributed by atoms with Gasteiger partial charge >= 0.3 is 6.09 Å². The number of anilines is 1. The van der Waals surface area contributed by atoms with Crippen LogP contribution < -0.4 is 11.1 Å². The van der Waals surface area contributed by atoms with Gasteiger partial charge in [-0.3, -0.25) is 9.78 Å². The number of hydrogen-bond donors (Lipinski definition) is 2. The maximum absolute atomic E-state index is 12.9. The van der Waals surface area contributed by atoms with Crippen LogP contribution in [0.1, 0.15) is 40.5 Å². The highest BCUT2D eigenvalue weighted by Gasteiger charge is 2.20. The quantitative estimate of drug-likeness (QED) is 0.345. The lowest BCUT2D eigenvalue weighted by molar-refractivity contribution is 0.0783. The number of guanidine groups is 1. The fourth-order valence-electron chi connectivity index (χ4n) is 4.22. The van der Waals surface area contributed by atoms with Crippen LogP contribution in [0.2, 0.25) is 0 Å². The van der Waals surface area contributed by atoms with E-state index in [0.29, 0.717) is 49.7 Å². The summed E-state index contributed by atoms with van der Waals surface area (Å²) >= 11 is 0. The van der Waals surface area contributed by atoms with Gasteiger partial charge in [0.2, 0.25) is 0 Å². The predicted molar refractivity (Wildman–Crippen MR) is 152 cm³/mol. The molecule has 39 heavy (non-hydrogen) atoms. The number of aryl methyl sites for hydroxylation is 1. The molecular weight excluding hydrogens is 494 g/mol. The summed E-state index contributed by atoms with van der Waals surface area (Å²) in [5.74, 6) is 0.548. The number of hydrogen-bond acceptors (Lipinski definition) is 6. The summed E-state index contributed by atoms with van der Waals surface area (Å²) in [6, 6.07) is 14.7. The van der Waals surface area contributed by atoms with Crippen molar-refractivity contribution >= 4 is 35.0 Å². The summed E-state index contributed by atoms with van der Waals surface area (Å²) in [6.45, 7) is 5.56. The van der Waals surface area contributed by atoms with Crippen LogP contribution in [0.3, 0.4) is 0 Å². The number of pyridine rings is 2. The highest BCUT2D eigenvalue weighted by molar-refractivity contribution is 5.97. The number of rotatable bonds is 7. The second-order valence-electron chi connectivity index (χ2n) is 9.13. The number of benzene rings is 1. The number of aliphatic imine (C=N–C) groups is 1. The van der Waals surface area contributed by atoms with Gasteiger partial charge in [0.05, 0.1) is 18.8 Å². The highest BCUT2D eigenvalue weighted by Crippen LogP contribution is 2.29. The zero-order valence-electron chi connectivity index (χ0n) is 22.4. The number of amides is 2. The molecule has 0 saturated carbocycles. The van der Waals surface area contributed by atoms with Gasteiger partial charge in [-0.1, -0.05) is 12.1 Å². The minimum absolute atomic E-state index is 0.103. The van der Waals surface area contributed by atoms with Crippen LogP contribution in [0.15, 0.2) is 72.0 Å². The van der Waals surface area contributed by atoms with Crippen LogP contribution in [-0.2, 0) is 11.3 Å². The van der Waals surface area contributed by atoms with Crippen molar-refractivity contribution < 1.29 is 14.3 Å². The standard InChI is InChI=1S/C29H33N7O3/c1-4-39-29(38)36-17-13-21(14-18-36)24-8-6-16-32-26(24)34-28(30)33-23-11-9-22(10-12-23)27(37)35(3)19-25-20(2)7-5-15-31-25/h5-13,15-16H,4,14,17-19H2,1-3H3,(H3,30,32,33,34). The number of nitrogens with two attached hydrogens (primary N) is 1. The summed E-state index contributed by atoms with van der Waals surface area (Å²) in [6.07, 6.45) is 5.72. The van der Waals surface area contributed by atoms with Crippen LogP contribution >= 0.6 is 0 Å². The van der Waals surface area contributed by atoms with Gasteiger partial charge in [0.1, 0.15) is 0 Å². The first kappa shape index (κ1) is 27.3. The second kappa shape index (κ2) is 12.7. The van der Waals surface area contributed by atoms with Crippen molar-refractivity contribution in [1.29, 1.82) is 0 Å². The molecular formula is C29H33N7O3. The molecule has 3 N–H and O–H groups in total. The van der Waals surface area contributed by atoms with E-state index in [1.165, 1.54) is 0 Å². The van der Waals surface area contributed by atoms with Gasteiger partial charge in [-0.2, -0.15) is 4.99 Å². The molecule has 3 heterocycles. The third-order valence-corrected chi connectivity index (χ3v) is 6.35. The third-order valence-electron chi connectivity index (χ3n) is 6.35. The fourth-order valence-corrected chi connectivity index (χ4v) is 4.22. The Kier molecular flexibility index (Phi) is 8.88.